The monoisotopic (exact) mass is 580 g/mol. The van der Waals surface area contributed by atoms with Crippen LogP contribution in [0.2, 0.25) is 0 Å². The summed E-state index contributed by atoms with van der Waals surface area (Å²) in [5.74, 6) is 1.67. The smallest absolute Gasteiger partial charge is 0.410 e. The van der Waals surface area contributed by atoms with Crippen LogP contribution in [-0.2, 0) is 4.74 Å². The van der Waals surface area contributed by atoms with Gasteiger partial charge in [-0.3, -0.25) is 14.6 Å². The predicted molar refractivity (Wildman–Crippen MR) is 165 cm³/mol. The highest BCUT2D eigenvalue weighted by molar-refractivity contribution is 5.93. The van der Waals surface area contributed by atoms with Gasteiger partial charge in [0.05, 0.1) is 46.6 Å². The molecular weight excluding hydrogens is 544 g/mol. The van der Waals surface area contributed by atoms with Crippen LogP contribution in [0.5, 0.6) is 0 Å². The molecule has 5 aromatic rings. The summed E-state index contributed by atoms with van der Waals surface area (Å²) in [4.78, 5) is 46.5. The fourth-order valence-electron chi connectivity index (χ4n) is 6.34. The van der Waals surface area contributed by atoms with Gasteiger partial charge >= 0.3 is 6.09 Å². The molecule has 0 unspecified atom stereocenters. The molecule has 2 fully saturated rings. The minimum Gasteiger partial charge on any atom is -0.456 e. The molecule has 10 nitrogen and oxygen atoms in total. The van der Waals surface area contributed by atoms with Crippen LogP contribution in [0, 0.1) is 0 Å². The third kappa shape index (κ3) is 5.09. The lowest BCUT2D eigenvalue weighted by Gasteiger charge is -2.27. The van der Waals surface area contributed by atoms with Crippen molar-refractivity contribution in [2.45, 2.75) is 64.1 Å². The van der Waals surface area contributed by atoms with Crippen molar-refractivity contribution in [1.29, 1.82) is 0 Å². The number of amides is 1. The Morgan fingerprint density at radius 2 is 1.53 bits per heavy atom. The van der Waals surface area contributed by atoms with Crippen molar-refractivity contribution in [2.24, 2.45) is 0 Å². The Labute approximate surface area is 249 Å². The first kappa shape index (κ1) is 27.4. The van der Waals surface area contributed by atoms with Gasteiger partial charge in [-0.1, -0.05) is 6.07 Å². The number of fused-ring (bicyclic) bond motifs is 2. The molecule has 0 spiro atoms. The van der Waals surface area contributed by atoms with Gasteiger partial charge in [0.15, 0.2) is 0 Å². The number of H-pyrrole nitrogens is 2. The van der Waals surface area contributed by atoms with Crippen LogP contribution in [0.4, 0.5) is 4.79 Å². The molecular formula is C33H36N6O4. The number of imidazole rings is 2. The Kier molecular flexibility index (Phi) is 6.61. The van der Waals surface area contributed by atoms with Gasteiger partial charge in [0.25, 0.3) is 0 Å². The minimum absolute atomic E-state index is 0.0795. The molecule has 222 valence electrons. The number of benzene rings is 2. The number of nitrogens with zero attached hydrogens (tertiary/aromatic N) is 4. The largest absolute Gasteiger partial charge is 0.456 e. The summed E-state index contributed by atoms with van der Waals surface area (Å²) in [6.07, 6.45) is 7.22. The summed E-state index contributed by atoms with van der Waals surface area (Å²) >= 11 is 0. The molecule has 0 aliphatic carbocycles. The van der Waals surface area contributed by atoms with Crippen LogP contribution >= 0.6 is 0 Å². The Hall–Kier alpha value is -4.44. The molecule has 3 aromatic heterocycles. The third-order valence-corrected chi connectivity index (χ3v) is 8.52. The summed E-state index contributed by atoms with van der Waals surface area (Å²) in [6.45, 7) is 7.30. The molecule has 1 amide bonds. The van der Waals surface area contributed by atoms with Gasteiger partial charge < -0.3 is 19.1 Å². The van der Waals surface area contributed by atoms with E-state index < -0.39 is 5.60 Å². The van der Waals surface area contributed by atoms with Crippen LogP contribution in [0.25, 0.3) is 44.5 Å². The van der Waals surface area contributed by atoms with E-state index in [-0.39, 0.29) is 17.6 Å². The Morgan fingerprint density at radius 1 is 0.884 bits per heavy atom. The average molecular weight is 581 g/mol. The van der Waals surface area contributed by atoms with E-state index in [2.05, 4.69) is 31.9 Å². The molecule has 5 heterocycles. The highest BCUT2D eigenvalue weighted by atomic mass is 16.6. The standard InChI is InChI=1S/C33H36N6O4/c1-33(2,3)43-32(41)39-14-6-8-26(39)31-35-18-24(37-31)20-9-11-21-28(16-20)42-27-12-10-19(15-22(27)29(21)40)23-17-34-30(36-23)25-7-5-13-38(25)4/h9-12,15-18,25-26H,5-8,13-14H2,1-4H3,(H,34,36)(H,35,37)/t25-,26-/m0/s1. The molecule has 7 rings (SSSR count). The van der Waals surface area contributed by atoms with Gasteiger partial charge in [-0.2, -0.15) is 0 Å². The van der Waals surface area contributed by atoms with E-state index in [9.17, 15) is 9.59 Å². The molecule has 43 heavy (non-hydrogen) atoms. The normalized spacial score (nSPS) is 19.6. The fraction of sp³-hybridized carbons (Fsp3) is 0.394. The first-order valence-electron chi connectivity index (χ1n) is 15.0. The van der Waals surface area contributed by atoms with Crippen LogP contribution < -0.4 is 5.43 Å². The fourth-order valence-corrected chi connectivity index (χ4v) is 6.34. The lowest BCUT2D eigenvalue weighted by molar-refractivity contribution is 0.0218. The number of rotatable bonds is 4. The van der Waals surface area contributed by atoms with E-state index in [4.69, 9.17) is 9.15 Å². The van der Waals surface area contributed by atoms with Crippen molar-refractivity contribution in [3.05, 3.63) is 70.7 Å². The van der Waals surface area contributed by atoms with E-state index in [0.717, 1.165) is 60.6 Å². The summed E-state index contributed by atoms with van der Waals surface area (Å²) in [5.41, 5.74) is 3.80. The van der Waals surface area contributed by atoms with Gasteiger partial charge in [-0.25, -0.2) is 14.8 Å². The molecule has 2 saturated heterocycles. The van der Waals surface area contributed by atoms with Crippen molar-refractivity contribution in [3.63, 3.8) is 0 Å². The Bertz CT molecular complexity index is 1900. The second-order valence-corrected chi connectivity index (χ2v) is 12.7. The van der Waals surface area contributed by atoms with Crippen molar-refractivity contribution >= 4 is 28.0 Å². The van der Waals surface area contributed by atoms with Crippen LogP contribution in [0.15, 0.2) is 58.0 Å². The number of ether oxygens (including phenoxy) is 1. The van der Waals surface area contributed by atoms with Crippen LogP contribution in [0.3, 0.4) is 0 Å². The highest BCUT2D eigenvalue weighted by Crippen LogP contribution is 2.34. The average Bonchev–Trinajstić information content (AvgIpc) is 3.78. The molecule has 2 aliphatic rings. The maximum atomic E-state index is 13.6. The van der Waals surface area contributed by atoms with Crippen molar-refractivity contribution in [3.8, 4) is 22.5 Å². The Morgan fingerprint density at radius 3 is 2.23 bits per heavy atom. The molecule has 2 aliphatic heterocycles. The van der Waals surface area contributed by atoms with E-state index >= 15 is 0 Å². The maximum Gasteiger partial charge on any atom is 0.410 e. The number of nitrogens with one attached hydrogen (secondary N) is 2. The summed E-state index contributed by atoms with van der Waals surface area (Å²) < 4.78 is 11.9. The number of carbonyl (C=O) groups is 1. The lowest BCUT2D eigenvalue weighted by Crippen LogP contribution is -2.36. The summed E-state index contributed by atoms with van der Waals surface area (Å²) in [5, 5.41) is 1.04. The topological polar surface area (TPSA) is 120 Å². The molecule has 2 aromatic carbocycles. The SMILES string of the molecule is CN1CCC[C@H]1c1ncc(-c2ccc3oc4cc(-c5cnc([C@@H]6CCCN6C(=O)OC(C)(C)C)[nH]5)ccc4c(=O)c3c2)[nH]1. The van der Waals surface area contributed by atoms with Gasteiger partial charge in [0.2, 0.25) is 5.43 Å². The first-order valence-corrected chi connectivity index (χ1v) is 15.0. The van der Waals surface area contributed by atoms with Crippen LogP contribution in [0.1, 0.15) is 70.2 Å². The van der Waals surface area contributed by atoms with E-state index in [1.807, 2.05) is 57.3 Å². The molecule has 2 atom stereocenters. The van der Waals surface area contributed by atoms with E-state index in [0.29, 0.717) is 40.3 Å². The summed E-state index contributed by atoms with van der Waals surface area (Å²) in [7, 11) is 2.12. The zero-order valence-electron chi connectivity index (χ0n) is 24.9. The van der Waals surface area contributed by atoms with Gasteiger partial charge in [0, 0.05) is 17.7 Å². The third-order valence-electron chi connectivity index (χ3n) is 8.52. The van der Waals surface area contributed by atoms with Gasteiger partial charge in [0.1, 0.15) is 28.4 Å². The maximum absolute atomic E-state index is 13.6. The van der Waals surface area contributed by atoms with Gasteiger partial charge in [-0.05, 0) is 90.4 Å². The zero-order chi connectivity index (χ0) is 29.9. The molecule has 0 radical (unpaired) electrons. The Balaban J connectivity index is 1.17. The molecule has 0 bridgehead atoms. The second-order valence-electron chi connectivity index (χ2n) is 12.7. The number of hydrogen-bond acceptors (Lipinski definition) is 7. The quantitative estimate of drug-likeness (QED) is 0.231. The van der Waals surface area contributed by atoms with Crippen LogP contribution in [-0.4, -0.2) is 61.6 Å². The molecule has 10 heteroatoms. The summed E-state index contributed by atoms with van der Waals surface area (Å²) in [6, 6.07) is 11.4. The number of carbonyl (C=O) groups excluding carboxylic acids is 1. The van der Waals surface area contributed by atoms with Crippen molar-refractivity contribution < 1.29 is 13.9 Å². The first-order chi connectivity index (χ1) is 20.6. The molecule has 0 saturated carbocycles. The molecule has 2 N–H and O–H groups in total. The van der Waals surface area contributed by atoms with Gasteiger partial charge in [-0.15, -0.1) is 0 Å². The highest BCUT2D eigenvalue weighted by Gasteiger charge is 2.35. The number of hydrogen-bond donors (Lipinski definition) is 2. The minimum atomic E-state index is -0.561. The second kappa shape index (κ2) is 10.4. The number of aromatic nitrogens is 4. The number of aromatic amines is 2. The lowest BCUT2D eigenvalue weighted by atomic mass is 10.1. The predicted octanol–water partition coefficient (Wildman–Crippen LogP) is 6.57. The number of likely N-dealkylation sites (tertiary alicyclic amines) is 2. The van der Waals surface area contributed by atoms with Crippen molar-refractivity contribution in [1.82, 2.24) is 29.7 Å². The van der Waals surface area contributed by atoms with E-state index in [1.165, 1.54) is 0 Å². The zero-order valence-corrected chi connectivity index (χ0v) is 24.9. The van der Waals surface area contributed by atoms with Crippen molar-refractivity contribution in [2.75, 3.05) is 20.1 Å². The van der Waals surface area contributed by atoms with E-state index in [1.54, 1.807) is 17.2 Å².